The van der Waals surface area contributed by atoms with Gasteiger partial charge in [-0.25, -0.2) is 0 Å². The minimum atomic E-state index is -0.328. The predicted molar refractivity (Wildman–Crippen MR) is 94.5 cm³/mol. The maximum atomic E-state index is 6.16. The summed E-state index contributed by atoms with van der Waals surface area (Å²) in [6.07, 6.45) is 4.19. The Bertz CT molecular complexity index is 734. The van der Waals surface area contributed by atoms with Gasteiger partial charge in [0.1, 0.15) is 0 Å². The molecule has 0 amide bonds. The Morgan fingerprint density at radius 3 is 2.42 bits per heavy atom. The Morgan fingerprint density at radius 2 is 1.75 bits per heavy atom. The van der Waals surface area contributed by atoms with E-state index in [1.807, 2.05) is 0 Å². The van der Waals surface area contributed by atoms with E-state index in [0.717, 1.165) is 42.4 Å². The molecule has 1 aromatic carbocycles. The largest absolute Gasteiger partial charge is 0.494 e. The molecule has 2 saturated heterocycles. The van der Waals surface area contributed by atoms with E-state index in [4.69, 9.17) is 19.1 Å². The maximum Gasteiger partial charge on any atom is 0.494 e. The van der Waals surface area contributed by atoms with Crippen molar-refractivity contribution >= 4 is 23.5 Å². The summed E-state index contributed by atoms with van der Waals surface area (Å²) in [7, 11) is -0.328. The van der Waals surface area contributed by atoms with Gasteiger partial charge in [-0.3, -0.25) is 4.68 Å². The van der Waals surface area contributed by atoms with Gasteiger partial charge in [0.05, 0.1) is 22.8 Å². The lowest BCUT2D eigenvalue weighted by atomic mass is 9.79. The van der Waals surface area contributed by atoms with Crippen molar-refractivity contribution < 1.29 is 14.0 Å². The van der Waals surface area contributed by atoms with Gasteiger partial charge in [0.2, 0.25) is 0 Å². The zero-order valence-corrected chi connectivity index (χ0v) is 14.9. The first-order valence-corrected chi connectivity index (χ1v) is 8.78. The van der Waals surface area contributed by atoms with Gasteiger partial charge < -0.3 is 14.0 Å². The molecule has 6 heteroatoms. The van der Waals surface area contributed by atoms with Crippen molar-refractivity contribution in [3.8, 4) is 0 Å². The number of aromatic nitrogens is 2. The highest BCUT2D eigenvalue weighted by Gasteiger charge is 2.51. The SMILES string of the molecule is CC1(C)OB(c2ccc3nn(C4CCOCC4)cc3c2)OC1(C)C. The molecule has 4 rings (SSSR count). The Hall–Kier alpha value is -1.37. The first-order chi connectivity index (χ1) is 11.4. The summed E-state index contributed by atoms with van der Waals surface area (Å²) in [6.45, 7) is 9.95. The molecule has 0 unspecified atom stereocenters. The van der Waals surface area contributed by atoms with Crippen LogP contribution in [0.3, 0.4) is 0 Å². The van der Waals surface area contributed by atoms with Crippen LogP contribution in [0.5, 0.6) is 0 Å². The number of hydrogen-bond acceptors (Lipinski definition) is 4. The van der Waals surface area contributed by atoms with E-state index in [9.17, 15) is 0 Å². The third-order valence-corrected chi connectivity index (χ3v) is 5.64. The molecule has 0 radical (unpaired) electrons. The molecule has 0 aliphatic carbocycles. The molecule has 128 valence electrons. The van der Waals surface area contributed by atoms with Gasteiger partial charge in [-0.05, 0) is 52.1 Å². The minimum absolute atomic E-state index is 0.321. The Kier molecular flexibility index (Phi) is 3.75. The van der Waals surface area contributed by atoms with E-state index in [0.29, 0.717) is 6.04 Å². The fourth-order valence-corrected chi connectivity index (χ4v) is 3.33. The average Bonchev–Trinajstić information content (AvgIpc) is 3.06. The fourth-order valence-electron chi connectivity index (χ4n) is 3.33. The molecule has 3 heterocycles. The summed E-state index contributed by atoms with van der Waals surface area (Å²) < 4.78 is 19.9. The van der Waals surface area contributed by atoms with Crippen molar-refractivity contribution in [1.29, 1.82) is 0 Å². The van der Waals surface area contributed by atoms with Gasteiger partial charge in [-0.1, -0.05) is 12.1 Å². The zero-order chi connectivity index (χ0) is 16.9. The van der Waals surface area contributed by atoms with Crippen molar-refractivity contribution in [3.63, 3.8) is 0 Å². The fraction of sp³-hybridized carbons (Fsp3) is 0.611. The monoisotopic (exact) mass is 328 g/mol. The van der Waals surface area contributed by atoms with Gasteiger partial charge >= 0.3 is 7.12 Å². The molecule has 2 aliphatic rings. The van der Waals surface area contributed by atoms with E-state index < -0.39 is 0 Å². The molecule has 5 nitrogen and oxygen atoms in total. The van der Waals surface area contributed by atoms with Crippen LogP contribution in [0.4, 0.5) is 0 Å². The van der Waals surface area contributed by atoms with Gasteiger partial charge in [0.15, 0.2) is 0 Å². The second kappa shape index (κ2) is 5.58. The van der Waals surface area contributed by atoms with Crippen LogP contribution in [0, 0.1) is 0 Å². The predicted octanol–water partition coefficient (Wildman–Crippen LogP) is 2.69. The van der Waals surface area contributed by atoms with Crippen LogP contribution in [0.25, 0.3) is 10.9 Å². The van der Waals surface area contributed by atoms with Gasteiger partial charge in [0, 0.05) is 24.8 Å². The van der Waals surface area contributed by atoms with E-state index in [2.05, 4.69) is 56.8 Å². The molecule has 0 atom stereocenters. The number of fused-ring (bicyclic) bond motifs is 1. The molecule has 2 fully saturated rings. The smallest absolute Gasteiger partial charge is 0.399 e. The van der Waals surface area contributed by atoms with Crippen LogP contribution in [0.2, 0.25) is 0 Å². The molecule has 2 aliphatic heterocycles. The molecule has 0 spiro atoms. The topological polar surface area (TPSA) is 45.5 Å². The highest BCUT2D eigenvalue weighted by Crippen LogP contribution is 2.36. The van der Waals surface area contributed by atoms with Crippen LogP contribution >= 0.6 is 0 Å². The summed E-state index contributed by atoms with van der Waals surface area (Å²) in [4.78, 5) is 0. The van der Waals surface area contributed by atoms with Crippen molar-refractivity contribution in [2.45, 2.75) is 57.8 Å². The average molecular weight is 328 g/mol. The van der Waals surface area contributed by atoms with Crippen molar-refractivity contribution in [3.05, 3.63) is 24.4 Å². The van der Waals surface area contributed by atoms with E-state index in [-0.39, 0.29) is 18.3 Å². The van der Waals surface area contributed by atoms with Crippen LogP contribution in [0.1, 0.15) is 46.6 Å². The second-order valence-electron chi connectivity index (χ2n) is 7.86. The molecule has 2 aromatic rings. The normalized spacial score (nSPS) is 23.9. The first kappa shape index (κ1) is 16.1. The lowest BCUT2D eigenvalue weighted by Gasteiger charge is -2.32. The molecule has 0 N–H and O–H groups in total. The molecule has 0 saturated carbocycles. The quantitative estimate of drug-likeness (QED) is 0.795. The highest BCUT2D eigenvalue weighted by molar-refractivity contribution is 6.62. The maximum absolute atomic E-state index is 6.16. The molecule has 0 bridgehead atoms. The third kappa shape index (κ3) is 2.67. The number of benzene rings is 1. The van der Waals surface area contributed by atoms with Crippen molar-refractivity contribution in [2.75, 3.05) is 13.2 Å². The summed E-state index contributed by atoms with van der Waals surface area (Å²) in [6, 6.07) is 6.70. The number of hydrogen-bond donors (Lipinski definition) is 0. The van der Waals surface area contributed by atoms with Crippen LogP contribution < -0.4 is 5.46 Å². The third-order valence-electron chi connectivity index (χ3n) is 5.64. The van der Waals surface area contributed by atoms with E-state index in [1.54, 1.807) is 0 Å². The highest BCUT2D eigenvalue weighted by atomic mass is 16.7. The number of rotatable bonds is 2. The molecule has 1 aromatic heterocycles. The lowest BCUT2D eigenvalue weighted by molar-refractivity contribution is 0.00578. The van der Waals surface area contributed by atoms with Crippen LogP contribution in [-0.4, -0.2) is 41.3 Å². The van der Waals surface area contributed by atoms with Gasteiger partial charge in [-0.2, -0.15) is 5.10 Å². The standard InChI is InChI=1S/C18H25BN2O3/c1-17(2)18(3,4)24-19(23-17)14-5-6-16-13(11-14)12-21(20-16)15-7-9-22-10-8-15/h5-6,11-12,15H,7-10H2,1-4H3. The number of nitrogens with zero attached hydrogens (tertiary/aromatic N) is 2. The summed E-state index contributed by atoms with van der Waals surface area (Å²) >= 11 is 0. The molecular formula is C18H25BN2O3. The summed E-state index contributed by atoms with van der Waals surface area (Å²) in [5.41, 5.74) is 1.42. The van der Waals surface area contributed by atoms with Gasteiger partial charge in [-0.15, -0.1) is 0 Å². The minimum Gasteiger partial charge on any atom is -0.399 e. The van der Waals surface area contributed by atoms with Crippen LogP contribution in [-0.2, 0) is 14.0 Å². The van der Waals surface area contributed by atoms with Crippen molar-refractivity contribution in [1.82, 2.24) is 9.78 Å². The zero-order valence-electron chi connectivity index (χ0n) is 14.9. The molecule has 24 heavy (non-hydrogen) atoms. The second-order valence-corrected chi connectivity index (χ2v) is 7.86. The summed E-state index contributed by atoms with van der Waals surface area (Å²) in [5, 5.41) is 5.87. The lowest BCUT2D eigenvalue weighted by Crippen LogP contribution is -2.41. The summed E-state index contributed by atoms with van der Waals surface area (Å²) in [5.74, 6) is 0. The van der Waals surface area contributed by atoms with E-state index in [1.165, 1.54) is 0 Å². The Morgan fingerprint density at radius 1 is 1.08 bits per heavy atom. The Balaban J connectivity index is 1.62. The number of ether oxygens (including phenoxy) is 1. The first-order valence-electron chi connectivity index (χ1n) is 8.78. The van der Waals surface area contributed by atoms with Crippen LogP contribution in [0.15, 0.2) is 24.4 Å². The van der Waals surface area contributed by atoms with Gasteiger partial charge in [0.25, 0.3) is 0 Å². The Labute approximate surface area is 143 Å². The van der Waals surface area contributed by atoms with Crippen molar-refractivity contribution in [2.24, 2.45) is 0 Å². The molecular weight excluding hydrogens is 303 g/mol. The van der Waals surface area contributed by atoms with E-state index >= 15 is 0 Å².